The molecule has 1 aromatic heterocycles. The zero-order valence-corrected chi connectivity index (χ0v) is 14.5. The minimum Gasteiger partial charge on any atom is -0.306 e. The zero-order valence-electron chi connectivity index (χ0n) is 11.3. The number of benzene rings is 1. The summed E-state index contributed by atoms with van der Waals surface area (Å²) < 4.78 is 14.6. The fourth-order valence-electron chi connectivity index (χ4n) is 2.11. The van der Waals surface area contributed by atoms with E-state index < -0.39 is 0 Å². The van der Waals surface area contributed by atoms with Crippen LogP contribution in [0.15, 0.2) is 28.1 Å². The molecule has 5 heteroatoms. The lowest BCUT2D eigenvalue weighted by Gasteiger charge is -2.18. The summed E-state index contributed by atoms with van der Waals surface area (Å²) in [5, 5.41) is 4.16. The van der Waals surface area contributed by atoms with Gasteiger partial charge in [-0.05, 0) is 65.1 Å². The second-order valence-electron chi connectivity index (χ2n) is 4.72. The summed E-state index contributed by atoms with van der Waals surface area (Å²) in [4.78, 5) is 1.08. The molecule has 20 heavy (non-hydrogen) atoms. The second-order valence-corrected chi connectivity index (χ2v) is 7.53. The number of nitrogens with one attached hydrogen (secondary N) is 1. The van der Waals surface area contributed by atoms with Crippen LogP contribution in [-0.4, -0.2) is 6.54 Å². The van der Waals surface area contributed by atoms with Crippen LogP contribution in [0.3, 0.4) is 0 Å². The van der Waals surface area contributed by atoms with Crippen molar-refractivity contribution in [1.29, 1.82) is 0 Å². The number of halogens is 3. The summed E-state index contributed by atoms with van der Waals surface area (Å²) in [5.74, 6) is -0.204. The summed E-state index contributed by atoms with van der Waals surface area (Å²) in [6.07, 6.45) is 1.02. The normalized spacial score (nSPS) is 12.7. The fraction of sp³-hybridized carbons (Fsp3) is 0.333. The van der Waals surface area contributed by atoms with Crippen molar-refractivity contribution < 1.29 is 4.39 Å². The number of hydrogen-bond acceptors (Lipinski definition) is 2. The minimum absolute atomic E-state index is 0.0295. The molecule has 1 unspecified atom stereocenters. The molecule has 1 aromatic carbocycles. The van der Waals surface area contributed by atoms with Crippen LogP contribution in [-0.2, 0) is 0 Å². The van der Waals surface area contributed by atoms with Gasteiger partial charge in [-0.15, -0.1) is 11.3 Å². The summed E-state index contributed by atoms with van der Waals surface area (Å²) in [5.41, 5.74) is 1.85. The van der Waals surface area contributed by atoms with Gasteiger partial charge in [-0.1, -0.05) is 24.6 Å². The van der Waals surface area contributed by atoms with Gasteiger partial charge in [-0.2, -0.15) is 0 Å². The third-order valence-electron chi connectivity index (χ3n) is 2.94. The number of aryl methyl sites for hydroxylation is 1. The van der Waals surface area contributed by atoms with E-state index >= 15 is 0 Å². The standard InChI is InChI=1S/C15H16BrClFNS/c1-3-4-19-14(13-8-12(17)15(16)20-13)10-5-9(2)6-11(18)7-10/h5-8,14,19H,3-4H2,1-2H3. The predicted molar refractivity (Wildman–Crippen MR) is 88.3 cm³/mol. The summed E-state index contributed by atoms with van der Waals surface area (Å²) in [6, 6.07) is 7.04. The molecule has 2 rings (SSSR count). The SMILES string of the molecule is CCCNC(c1cc(C)cc(F)c1)c1cc(Cl)c(Br)s1. The van der Waals surface area contributed by atoms with Crippen LogP contribution in [0.25, 0.3) is 0 Å². The molecule has 1 nitrogen and oxygen atoms in total. The smallest absolute Gasteiger partial charge is 0.123 e. The highest BCUT2D eigenvalue weighted by Gasteiger charge is 2.18. The first kappa shape index (κ1) is 16.0. The Morgan fingerprint density at radius 3 is 2.65 bits per heavy atom. The van der Waals surface area contributed by atoms with Gasteiger partial charge in [-0.25, -0.2) is 4.39 Å². The van der Waals surface area contributed by atoms with Gasteiger partial charge in [0.25, 0.3) is 0 Å². The van der Waals surface area contributed by atoms with Crippen molar-refractivity contribution in [2.24, 2.45) is 0 Å². The molecule has 1 N–H and O–H groups in total. The maximum absolute atomic E-state index is 13.7. The van der Waals surface area contributed by atoms with Crippen molar-refractivity contribution in [3.8, 4) is 0 Å². The van der Waals surface area contributed by atoms with Gasteiger partial charge < -0.3 is 5.32 Å². The molecule has 0 bridgehead atoms. The first-order valence-corrected chi connectivity index (χ1v) is 8.45. The lowest BCUT2D eigenvalue weighted by Crippen LogP contribution is -2.22. The van der Waals surface area contributed by atoms with E-state index in [2.05, 4.69) is 28.2 Å². The fourth-order valence-corrected chi connectivity index (χ4v) is 3.96. The maximum atomic E-state index is 13.7. The van der Waals surface area contributed by atoms with E-state index in [0.717, 1.165) is 32.8 Å². The van der Waals surface area contributed by atoms with Gasteiger partial charge >= 0.3 is 0 Å². The third kappa shape index (κ3) is 3.82. The zero-order chi connectivity index (χ0) is 14.7. The van der Waals surface area contributed by atoms with Crippen LogP contribution in [0.5, 0.6) is 0 Å². The monoisotopic (exact) mass is 375 g/mol. The molecule has 0 saturated heterocycles. The molecule has 0 aliphatic rings. The van der Waals surface area contributed by atoms with Gasteiger partial charge in [0, 0.05) is 4.88 Å². The van der Waals surface area contributed by atoms with Gasteiger partial charge in [0.05, 0.1) is 14.9 Å². The molecule has 1 heterocycles. The van der Waals surface area contributed by atoms with Crippen molar-refractivity contribution in [2.75, 3.05) is 6.54 Å². The van der Waals surface area contributed by atoms with Gasteiger partial charge in [0.1, 0.15) is 5.82 Å². The molecule has 0 spiro atoms. The van der Waals surface area contributed by atoms with Gasteiger partial charge in [0.2, 0.25) is 0 Å². The quantitative estimate of drug-likeness (QED) is 0.705. The lowest BCUT2D eigenvalue weighted by molar-refractivity contribution is 0.590. The van der Waals surface area contributed by atoms with E-state index in [1.165, 1.54) is 6.07 Å². The van der Waals surface area contributed by atoms with Crippen molar-refractivity contribution in [3.05, 3.63) is 54.9 Å². The molecular formula is C15H16BrClFNS. The summed E-state index contributed by atoms with van der Waals surface area (Å²) >= 11 is 11.1. The van der Waals surface area contributed by atoms with E-state index in [1.54, 1.807) is 17.4 Å². The van der Waals surface area contributed by atoms with E-state index in [-0.39, 0.29) is 11.9 Å². The number of rotatable bonds is 5. The predicted octanol–water partition coefficient (Wildman–Crippen LogP) is 5.70. The molecule has 1 atom stereocenters. The molecule has 0 radical (unpaired) electrons. The highest BCUT2D eigenvalue weighted by Crippen LogP contribution is 2.37. The van der Waals surface area contributed by atoms with Crippen LogP contribution in [0.2, 0.25) is 5.02 Å². The highest BCUT2D eigenvalue weighted by molar-refractivity contribution is 9.11. The maximum Gasteiger partial charge on any atom is 0.123 e. The Hall–Kier alpha value is -0.420. The van der Waals surface area contributed by atoms with Gasteiger partial charge in [0.15, 0.2) is 0 Å². The van der Waals surface area contributed by atoms with E-state index in [4.69, 9.17) is 11.6 Å². The molecule has 0 amide bonds. The van der Waals surface area contributed by atoms with Crippen LogP contribution >= 0.6 is 38.9 Å². The Balaban J connectivity index is 2.40. The van der Waals surface area contributed by atoms with E-state index in [0.29, 0.717) is 5.02 Å². The van der Waals surface area contributed by atoms with Crippen molar-refractivity contribution in [1.82, 2.24) is 5.32 Å². The van der Waals surface area contributed by atoms with Crippen LogP contribution in [0.1, 0.15) is 35.4 Å². The van der Waals surface area contributed by atoms with E-state index in [9.17, 15) is 4.39 Å². The average molecular weight is 377 g/mol. The van der Waals surface area contributed by atoms with Crippen molar-refractivity contribution >= 4 is 38.9 Å². The molecule has 0 aliphatic heterocycles. The number of thiophene rings is 1. The Kier molecular flexibility index (Phi) is 5.61. The van der Waals surface area contributed by atoms with Crippen LogP contribution < -0.4 is 5.32 Å². The summed E-state index contributed by atoms with van der Waals surface area (Å²) in [7, 11) is 0. The Labute approximate surface area is 136 Å². The third-order valence-corrected chi connectivity index (χ3v) is 5.48. The minimum atomic E-state index is -0.204. The van der Waals surface area contributed by atoms with Crippen molar-refractivity contribution in [3.63, 3.8) is 0 Å². The van der Waals surface area contributed by atoms with Crippen molar-refractivity contribution in [2.45, 2.75) is 26.3 Å². The Morgan fingerprint density at radius 1 is 1.35 bits per heavy atom. The largest absolute Gasteiger partial charge is 0.306 e. The molecule has 2 aromatic rings. The lowest BCUT2D eigenvalue weighted by atomic mass is 10.0. The molecule has 108 valence electrons. The Morgan fingerprint density at radius 2 is 2.10 bits per heavy atom. The summed E-state index contributed by atoms with van der Waals surface area (Å²) in [6.45, 7) is 4.88. The second kappa shape index (κ2) is 7.03. The molecule has 0 fully saturated rings. The Bertz CT molecular complexity index is 560. The molecular weight excluding hydrogens is 361 g/mol. The number of hydrogen-bond donors (Lipinski definition) is 1. The van der Waals surface area contributed by atoms with Gasteiger partial charge in [-0.3, -0.25) is 0 Å². The highest BCUT2D eigenvalue weighted by atomic mass is 79.9. The molecule has 0 aliphatic carbocycles. The molecule has 0 saturated carbocycles. The van der Waals surface area contributed by atoms with Crippen LogP contribution in [0.4, 0.5) is 4.39 Å². The van der Waals surface area contributed by atoms with Crippen LogP contribution in [0, 0.1) is 12.7 Å². The topological polar surface area (TPSA) is 12.0 Å². The average Bonchev–Trinajstić information content (AvgIpc) is 2.69. The first-order chi connectivity index (χ1) is 9.51. The first-order valence-electron chi connectivity index (χ1n) is 6.46. The van der Waals surface area contributed by atoms with E-state index in [1.807, 2.05) is 19.1 Å².